The van der Waals surface area contributed by atoms with Gasteiger partial charge >= 0.3 is 0 Å². The van der Waals surface area contributed by atoms with E-state index in [1.165, 1.54) is 50.8 Å². The Morgan fingerprint density at radius 1 is 1.05 bits per heavy atom. The van der Waals surface area contributed by atoms with E-state index in [9.17, 15) is 0 Å². The number of hydrogen-bond acceptors (Lipinski definition) is 3. The molecule has 2 atom stereocenters. The molecular weight excluding hydrogens is 260 g/mol. The quantitative estimate of drug-likeness (QED) is 0.901. The summed E-state index contributed by atoms with van der Waals surface area (Å²) in [7, 11) is 1.84. The Labute approximate surface area is 128 Å². The maximum Gasteiger partial charge on any atom is 0.0586 e. The Morgan fingerprint density at radius 3 is 2.48 bits per heavy atom. The maximum absolute atomic E-state index is 5.47. The maximum atomic E-state index is 5.47. The molecule has 21 heavy (non-hydrogen) atoms. The summed E-state index contributed by atoms with van der Waals surface area (Å²) in [6, 6.07) is 12.2. The van der Waals surface area contributed by atoms with E-state index in [0.717, 1.165) is 6.54 Å². The van der Waals surface area contributed by atoms with Gasteiger partial charge in [-0.3, -0.25) is 4.90 Å². The number of nitrogens with one attached hydrogen (secondary N) is 1. The van der Waals surface area contributed by atoms with Gasteiger partial charge in [-0.25, -0.2) is 0 Å². The van der Waals surface area contributed by atoms with Crippen molar-refractivity contribution in [2.45, 2.75) is 56.8 Å². The zero-order chi connectivity index (χ0) is 14.5. The Kier molecular flexibility index (Phi) is 5.28. The molecule has 116 valence electrons. The lowest BCUT2D eigenvalue weighted by Crippen LogP contribution is -2.45. The molecule has 1 heterocycles. The van der Waals surface area contributed by atoms with Crippen LogP contribution < -0.4 is 5.32 Å². The van der Waals surface area contributed by atoms with Crippen LogP contribution in [-0.4, -0.2) is 43.3 Å². The number of piperidine rings is 1. The summed E-state index contributed by atoms with van der Waals surface area (Å²) < 4.78 is 5.47. The average molecular weight is 288 g/mol. The third-order valence-electron chi connectivity index (χ3n) is 5.03. The van der Waals surface area contributed by atoms with Crippen LogP contribution in [0.15, 0.2) is 30.3 Å². The van der Waals surface area contributed by atoms with E-state index in [1.807, 2.05) is 7.11 Å². The predicted molar refractivity (Wildman–Crippen MR) is 86.3 cm³/mol. The zero-order valence-corrected chi connectivity index (χ0v) is 13.1. The lowest BCUT2D eigenvalue weighted by Gasteiger charge is -2.34. The molecule has 3 rings (SSSR count). The Morgan fingerprint density at radius 2 is 1.81 bits per heavy atom. The van der Waals surface area contributed by atoms with Crippen molar-refractivity contribution in [1.29, 1.82) is 0 Å². The van der Waals surface area contributed by atoms with Crippen LogP contribution in [0, 0.1) is 0 Å². The summed E-state index contributed by atoms with van der Waals surface area (Å²) in [5, 5.41) is 3.86. The fourth-order valence-corrected chi connectivity index (χ4v) is 3.74. The molecule has 0 bridgehead atoms. The molecule has 3 heteroatoms. The molecule has 2 aliphatic rings. The monoisotopic (exact) mass is 288 g/mol. The van der Waals surface area contributed by atoms with E-state index in [-0.39, 0.29) is 0 Å². The van der Waals surface area contributed by atoms with Crippen molar-refractivity contribution in [2.75, 3.05) is 20.2 Å². The highest BCUT2D eigenvalue weighted by Crippen LogP contribution is 2.23. The second kappa shape index (κ2) is 7.39. The van der Waals surface area contributed by atoms with Crippen LogP contribution in [0.3, 0.4) is 0 Å². The van der Waals surface area contributed by atoms with Crippen molar-refractivity contribution in [3.8, 4) is 0 Å². The number of ether oxygens (including phenoxy) is 1. The molecule has 1 saturated heterocycles. The van der Waals surface area contributed by atoms with E-state index in [2.05, 4.69) is 40.5 Å². The van der Waals surface area contributed by atoms with Gasteiger partial charge in [0.25, 0.3) is 0 Å². The van der Waals surface area contributed by atoms with Crippen LogP contribution in [0.1, 0.15) is 37.7 Å². The van der Waals surface area contributed by atoms with Crippen molar-refractivity contribution >= 4 is 0 Å². The van der Waals surface area contributed by atoms with Crippen LogP contribution in [0.2, 0.25) is 0 Å². The summed E-state index contributed by atoms with van der Waals surface area (Å²) in [5.74, 6) is 0. The molecule has 1 saturated carbocycles. The largest absolute Gasteiger partial charge is 0.381 e. The van der Waals surface area contributed by atoms with Crippen molar-refractivity contribution in [2.24, 2.45) is 0 Å². The topological polar surface area (TPSA) is 24.5 Å². The molecular formula is C18H28N2O. The molecule has 3 nitrogen and oxygen atoms in total. The normalized spacial score (nSPS) is 28.0. The minimum absolute atomic E-state index is 0.487. The van der Waals surface area contributed by atoms with Crippen LogP contribution in [0.25, 0.3) is 0 Å². The molecule has 2 fully saturated rings. The third-order valence-corrected chi connectivity index (χ3v) is 5.03. The summed E-state index contributed by atoms with van der Waals surface area (Å²) in [6.45, 7) is 3.53. The van der Waals surface area contributed by atoms with Gasteiger partial charge in [0.1, 0.15) is 0 Å². The van der Waals surface area contributed by atoms with Crippen molar-refractivity contribution in [3.63, 3.8) is 0 Å². The molecule has 1 aromatic carbocycles. The number of rotatable bonds is 5. The van der Waals surface area contributed by atoms with Crippen LogP contribution >= 0.6 is 0 Å². The lowest BCUT2D eigenvalue weighted by molar-refractivity contribution is 0.105. The van der Waals surface area contributed by atoms with Gasteiger partial charge in [0, 0.05) is 25.7 Å². The fourth-order valence-electron chi connectivity index (χ4n) is 3.74. The highest BCUT2D eigenvalue weighted by molar-refractivity contribution is 5.14. The molecule has 1 aliphatic heterocycles. The molecule has 2 unspecified atom stereocenters. The second-order valence-corrected chi connectivity index (χ2v) is 6.57. The van der Waals surface area contributed by atoms with Gasteiger partial charge in [0.15, 0.2) is 0 Å². The molecule has 1 N–H and O–H groups in total. The molecule has 0 radical (unpaired) electrons. The van der Waals surface area contributed by atoms with E-state index >= 15 is 0 Å². The van der Waals surface area contributed by atoms with Gasteiger partial charge in [-0.2, -0.15) is 0 Å². The van der Waals surface area contributed by atoms with Gasteiger partial charge in [-0.05, 0) is 50.8 Å². The first kappa shape index (κ1) is 15.0. The average Bonchev–Trinajstić information content (AvgIpc) is 2.98. The van der Waals surface area contributed by atoms with Gasteiger partial charge in [0.2, 0.25) is 0 Å². The zero-order valence-electron chi connectivity index (χ0n) is 13.1. The minimum atomic E-state index is 0.487. The standard InChI is InChI=1S/C18H28N2O/c1-21-18-8-7-17(13-18)19-16-9-11-20(12-10-16)14-15-5-3-2-4-6-15/h2-6,16-19H,7-14H2,1H3. The first-order valence-corrected chi connectivity index (χ1v) is 8.38. The van der Waals surface area contributed by atoms with Crippen molar-refractivity contribution in [1.82, 2.24) is 10.2 Å². The first-order chi connectivity index (χ1) is 10.3. The Balaban J connectivity index is 1.39. The number of benzene rings is 1. The summed E-state index contributed by atoms with van der Waals surface area (Å²) in [5.41, 5.74) is 1.43. The van der Waals surface area contributed by atoms with Gasteiger partial charge in [0.05, 0.1) is 6.10 Å². The summed E-state index contributed by atoms with van der Waals surface area (Å²) in [6.07, 6.45) is 6.74. The summed E-state index contributed by atoms with van der Waals surface area (Å²) >= 11 is 0. The van der Waals surface area contributed by atoms with Crippen molar-refractivity contribution < 1.29 is 4.74 Å². The van der Waals surface area contributed by atoms with Crippen LogP contribution in [0.5, 0.6) is 0 Å². The van der Waals surface area contributed by atoms with E-state index in [4.69, 9.17) is 4.74 Å². The van der Waals surface area contributed by atoms with Crippen molar-refractivity contribution in [3.05, 3.63) is 35.9 Å². The van der Waals surface area contributed by atoms with Crippen LogP contribution in [-0.2, 0) is 11.3 Å². The number of methoxy groups -OCH3 is 1. The lowest BCUT2D eigenvalue weighted by atomic mass is 10.0. The minimum Gasteiger partial charge on any atom is -0.381 e. The highest BCUT2D eigenvalue weighted by atomic mass is 16.5. The van der Waals surface area contributed by atoms with E-state index in [1.54, 1.807) is 0 Å². The molecule has 1 aromatic rings. The SMILES string of the molecule is COC1CCC(NC2CCN(Cc3ccccc3)CC2)C1. The van der Waals surface area contributed by atoms with Gasteiger partial charge < -0.3 is 10.1 Å². The summed E-state index contributed by atoms with van der Waals surface area (Å²) in [4.78, 5) is 2.58. The van der Waals surface area contributed by atoms with Gasteiger partial charge in [-0.1, -0.05) is 30.3 Å². The molecule has 1 aliphatic carbocycles. The van der Waals surface area contributed by atoms with E-state index < -0.39 is 0 Å². The third kappa shape index (κ3) is 4.29. The Bertz CT molecular complexity index is 414. The second-order valence-electron chi connectivity index (χ2n) is 6.57. The van der Waals surface area contributed by atoms with E-state index in [0.29, 0.717) is 18.2 Å². The van der Waals surface area contributed by atoms with Crippen LogP contribution in [0.4, 0.5) is 0 Å². The fraction of sp³-hybridized carbons (Fsp3) is 0.667. The number of hydrogen-bond donors (Lipinski definition) is 1. The predicted octanol–water partition coefficient (Wildman–Crippen LogP) is 2.81. The first-order valence-electron chi connectivity index (χ1n) is 8.38. The number of nitrogens with zero attached hydrogens (tertiary/aromatic N) is 1. The molecule has 0 spiro atoms. The molecule has 0 aromatic heterocycles. The highest BCUT2D eigenvalue weighted by Gasteiger charge is 2.27. The Hall–Kier alpha value is -0.900. The molecule has 0 amide bonds. The van der Waals surface area contributed by atoms with Gasteiger partial charge in [-0.15, -0.1) is 0 Å². The smallest absolute Gasteiger partial charge is 0.0586 e. The number of likely N-dealkylation sites (tertiary alicyclic amines) is 1.